The number of hydrogen-bond acceptors (Lipinski definition) is 1. The van der Waals surface area contributed by atoms with Crippen molar-refractivity contribution in [1.29, 1.82) is 0 Å². The second-order valence-electron chi connectivity index (χ2n) is 7.32. The Hall–Kier alpha value is -2.01. The Morgan fingerprint density at radius 1 is 1.31 bits per heavy atom. The van der Waals surface area contributed by atoms with E-state index in [0.29, 0.717) is 5.92 Å². The van der Waals surface area contributed by atoms with Crippen molar-refractivity contribution in [2.75, 3.05) is 0 Å². The number of allylic oxidation sites excluding steroid dienone is 12. The van der Waals surface area contributed by atoms with Gasteiger partial charge in [-0.3, -0.25) is 0 Å². The average Bonchev–Trinajstić information content (AvgIpc) is 3.29. The molecule has 0 bridgehead atoms. The lowest BCUT2D eigenvalue weighted by atomic mass is 9.63. The van der Waals surface area contributed by atoms with Crippen molar-refractivity contribution < 1.29 is 0 Å². The normalized spacial score (nSPS) is 29.0. The van der Waals surface area contributed by atoms with E-state index in [9.17, 15) is 0 Å². The molecule has 0 N–H and O–H groups in total. The highest BCUT2D eigenvalue weighted by Crippen LogP contribution is 2.67. The number of halogens is 1. The van der Waals surface area contributed by atoms with E-state index in [1.165, 1.54) is 38.3 Å². The largest absolute Gasteiger partial charge is 0.144 e. The summed E-state index contributed by atoms with van der Waals surface area (Å²) >= 11 is 8.39. The van der Waals surface area contributed by atoms with Crippen molar-refractivity contribution >= 4 is 28.5 Å². The molecule has 0 aromatic carbocycles. The smallest absolute Gasteiger partial charge is 0.0543 e. The molecule has 1 spiro atoms. The molecule has 2 atom stereocenters. The maximum Gasteiger partial charge on any atom is 0.0543 e. The molecule has 1 heterocycles. The second kappa shape index (κ2) is 5.74. The highest BCUT2D eigenvalue weighted by atomic mass is 35.5. The van der Waals surface area contributed by atoms with E-state index in [1.54, 1.807) is 0 Å². The van der Waals surface area contributed by atoms with Gasteiger partial charge in [-0.05, 0) is 89.3 Å². The minimum atomic E-state index is -0.140. The maximum absolute atomic E-state index is 6.54. The number of terminal acetylenes is 1. The highest BCUT2D eigenvalue weighted by molar-refractivity contribution is 7.11. The summed E-state index contributed by atoms with van der Waals surface area (Å²) in [5.41, 5.74) is 8.34. The number of thiophene rings is 1. The van der Waals surface area contributed by atoms with Gasteiger partial charge < -0.3 is 0 Å². The van der Waals surface area contributed by atoms with Crippen LogP contribution in [0.5, 0.6) is 0 Å². The fourth-order valence-electron chi connectivity index (χ4n) is 5.36. The first-order chi connectivity index (χ1) is 12.7. The molecule has 0 radical (unpaired) electrons. The van der Waals surface area contributed by atoms with E-state index in [0.717, 1.165) is 24.3 Å². The highest BCUT2D eigenvalue weighted by Gasteiger charge is 2.58. The summed E-state index contributed by atoms with van der Waals surface area (Å²) in [7, 11) is 0. The van der Waals surface area contributed by atoms with Gasteiger partial charge in [0.15, 0.2) is 0 Å². The topological polar surface area (TPSA) is 0 Å². The van der Waals surface area contributed by atoms with Crippen molar-refractivity contribution in [1.82, 2.24) is 0 Å². The summed E-state index contributed by atoms with van der Waals surface area (Å²) in [5.74, 6) is 3.05. The summed E-state index contributed by atoms with van der Waals surface area (Å²) in [6.45, 7) is 2.25. The fraction of sp³-hybridized carbons (Fsp3) is 0.250. The molecule has 2 unspecified atom stereocenters. The second-order valence-corrected chi connectivity index (χ2v) is 8.72. The molecule has 1 aromatic heterocycles. The zero-order valence-electron chi connectivity index (χ0n) is 14.7. The fourth-order valence-corrected chi connectivity index (χ4v) is 6.62. The van der Waals surface area contributed by atoms with Gasteiger partial charge in [0.25, 0.3) is 0 Å². The molecule has 4 aliphatic rings. The van der Waals surface area contributed by atoms with Gasteiger partial charge in [-0.1, -0.05) is 35.7 Å². The van der Waals surface area contributed by atoms with Crippen LogP contribution >= 0.6 is 22.9 Å². The van der Waals surface area contributed by atoms with E-state index in [-0.39, 0.29) is 5.41 Å². The van der Waals surface area contributed by atoms with Gasteiger partial charge in [0, 0.05) is 15.8 Å². The SMILES string of the molecule is C#C/C=C\C1=C(C)C2=CCCC=C2C12c1ccsc1C1=CC=C(Cl)CC12. The molecule has 5 rings (SSSR count). The minimum Gasteiger partial charge on any atom is -0.144 e. The van der Waals surface area contributed by atoms with Crippen LogP contribution in [0.3, 0.4) is 0 Å². The van der Waals surface area contributed by atoms with Gasteiger partial charge in [0.2, 0.25) is 0 Å². The van der Waals surface area contributed by atoms with E-state index in [4.69, 9.17) is 18.0 Å². The summed E-state index contributed by atoms with van der Waals surface area (Å²) in [6.07, 6.45) is 21.9. The first-order valence-electron chi connectivity index (χ1n) is 9.09. The molecule has 0 saturated heterocycles. The van der Waals surface area contributed by atoms with Crippen LogP contribution in [0.4, 0.5) is 0 Å². The zero-order chi connectivity index (χ0) is 17.9. The quantitative estimate of drug-likeness (QED) is 0.480. The van der Waals surface area contributed by atoms with E-state index >= 15 is 0 Å². The van der Waals surface area contributed by atoms with Gasteiger partial charge in [0.05, 0.1) is 5.41 Å². The maximum atomic E-state index is 6.54. The van der Waals surface area contributed by atoms with Gasteiger partial charge >= 0.3 is 0 Å². The Labute approximate surface area is 164 Å². The molecule has 0 fully saturated rings. The predicted octanol–water partition coefficient (Wildman–Crippen LogP) is 6.69. The van der Waals surface area contributed by atoms with Crippen LogP contribution in [0, 0.1) is 18.3 Å². The third kappa shape index (κ3) is 1.87. The third-order valence-corrected chi connectivity index (χ3v) is 7.49. The summed E-state index contributed by atoms with van der Waals surface area (Å²) in [5, 5.41) is 3.17. The first kappa shape index (κ1) is 16.2. The van der Waals surface area contributed by atoms with Gasteiger partial charge in [-0.25, -0.2) is 0 Å². The number of fused-ring (bicyclic) bond motifs is 7. The van der Waals surface area contributed by atoms with Crippen molar-refractivity contribution in [3.05, 3.63) is 85.7 Å². The van der Waals surface area contributed by atoms with Gasteiger partial charge in [0.1, 0.15) is 0 Å². The van der Waals surface area contributed by atoms with Gasteiger partial charge in [-0.15, -0.1) is 17.8 Å². The minimum absolute atomic E-state index is 0.140. The Balaban J connectivity index is 1.87. The van der Waals surface area contributed by atoms with E-state index in [1.807, 2.05) is 17.4 Å². The van der Waals surface area contributed by atoms with Crippen LogP contribution in [0.1, 0.15) is 36.6 Å². The van der Waals surface area contributed by atoms with Crippen molar-refractivity contribution in [2.45, 2.75) is 31.6 Å². The zero-order valence-corrected chi connectivity index (χ0v) is 16.3. The molecule has 4 aliphatic carbocycles. The van der Waals surface area contributed by atoms with Crippen LogP contribution in [0.15, 0.2) is 75.2 Å². The molecule has 26 heavy (non-hydrogen) atoms. The van der Waals surface area contributed by atoms with Crippen LogP contribution < -0.4 is 0 Å². The van der Waals surface area contributed by atoms with Crippen LogP contribution in [-0.2, 0) is 5.41 Å². The summed E-state index contributed by atoms with van der Waals surface area (Å²) in [4.78, 5) is 1.42. The molecule has 2 heteroatoms. The van der Waals surface area contributed by atoms with Gasteiger partial charge in [-0.2, -0.15) is 0 Å². The van der Waals surface area contributed by atoms with Crippen LogP contribution in [0.2, 0.25) is 0 Å². The Bertz CT molecular complexity index is 1040. The monoisotopic (exact) mass is 374 g/mol. The molecule has 0 aliphatic heterocycles. The predicted molar refractivity (Wildman–Crippen MR) is 112 cm³/mol. The number of rotatable bonds is 1. The number of hydrogen-bond donors (Lipinski definition) is 0. The van der Waals surface area contributed by atoms with Crippen LogP contribution in [-0.4, -0.2) is 0 Å². The Morgan fingerprint density at radius 3 is 3.00 bits per heavy atom. The Kier molecular flexibility index (Phi) is 3.58. The molecule has 0 nitrogen and oxygen atoms in total. The molecule has 1 aromatic rings. The standard InChI is InChI=1S/C24H19ClS/c1-3-4-8-19-15(2)17-7-5-6-9-20(17)24(19)21-12-13-26-23(21)18-11-10-16(25)14-22(18)24/h1,4,7-13,22H,5-6,14H2,2H3/b8-4-. The average molecular weight is 375 g/mol. The lowest BCUT2D eigenvalue weighted by Crippen LogP contribution is -2.34. The van der Waals surface area contributed by atoms with Crippen LogP contribution in [0.25, 0.3) is 5.57 Å². The first-order valence-corrected chi connectivity index (χ1v) is 10.4. The van der Waals surface area contributed by atoms with Crippen molar-refractivity contribution in [3.8, 4) is 12.3 Å². The van der Waals surface area contributed by atoms with Crippen molar-refractivity contribution in [3.63, 3.8) is 0 Å². The molecular weight excluding hydrogens is 356 g/mol. The lowest BCUT2D eigenvalue weighted by molar-refractivity contribution is 0.483. The Morgan fingerprint density at radius 2 is 2.15 bits per heavy atom. The van der Waals surface area contributed by atoms with E-state index < -0.39 is 0 Å². The third-order valence-electron chi connectivity index (χ3n) is 6.25. The van der Waals surface area contributed by atoms with E-state index in [2.05, 4.69) is 54.7 Å². The summed E-state index contributed by atoms with van der Waals surface area (Å²) < 4.78 is 0. The van der Waals surface area contributed by atoms with Crippen molar-refractivity contribution in [2.24, 2.45) is 5.92 Å². The molecule has 128 valence electrons. The molecular formula is C24H19ClS. The molecule has 0 amide bonds. The molecule has 0 saturated carbocycles. The lowest BCUT2D eigenvalue weighted by Gasteiger charge is -2.38. The summed E-state index contributed by atoms with van der Waals surface area (Å²) in [6, 6.07) is 2.32.